The van der Waals surface area contributed by atoms with Gasteiger partial charge in [-0.2, -0.15) is 0 Å². The van der Waals surface area contributed by atoms with Crippen LogP contribution in [0.2, 0.25) is 0 Å². The van der Waals surface area contributed by atoms with E-state index in [-0.39, 0.29) is 5.91 Å². The Bertz CT molecular complexity index is 788. The first kappa shape index (κ1) is 14.9. The number of likely N-dealkylation sites (N-methyl/N-ethyl adjacent to an activating group) is 1. The minimum absolute atomic E-state index is 0.0487. The summed E-state index contributed by atoms with van der Waals surface area (Å²) in [4.78, 5) is 19.4. The highest BCUT2D eigenvalue weighted by Gasteiger charge is 2.31. The predicted octanol–water partition coefficient (Wildman–Crippen LogP) is 3.49. The van der Waals surface area contributed by atoms with E-state index in [1.807, 2.05) is 39.1 Å². The maximum atomic E-state index is 12.5. The molecule has 2 heterocycles. The number of thioether (sulfide) groups is 1. The summed E-state index contributed by atoms with van der Waals surface area (Å²) < 4.78 is 2.09. The normalized spacial score (nSPS) is 19.0. The molecule has 1 aromatic carbocycles. The van der Waals surface area contributed by atoms with Gasteiger partial charge in [0.2, 0.25) is 0 Å². The quantitative estimate of drug-likeness (QED) is 0.814. The highest BCUT2D eigenvalue weighted by molar-refractivity contribution is 8.18. The maximum absolute atomic E-state index is 12.5. The standard InChI is InChI=1S/C17H19N3OS/c1-4-18-17-20(5-2)16(21)15(22-17)10-12-11-19(3)14-9-7-6-8-13(12)14/h6-11H,4-5H2,1-3H3/b15-10+,18-17?. The number of aliphatic imine (C=N–C) groups is 1. The average molecular weight is 313 g/mol. The summed E-state index contributed by atoms with van der Waals surface area (Å²) in [6.07, 6.45) is 4.05. The van der Waals surface area contributed by atoms with Crippen LogP contribution in [-0.2, 0) is 11.8 Å². The molecule has 1 aliphatic heterocycles. The van der Waals surface area contributed by atoms with Gasteiger partial charge in [0.05, 0.1) is 4.91 Å². The van der Waals surface area contributed by atoms with E-state index in [0.717, 1.165) is 21.0 Å². The molecular formula is C17H19N3OS. The number of rotatable bonds is 3. The number of aryl methyl sites for hydroxylation is 1. The Hall–Kier alpha value is -2.01. The van der Waals surface area contributed by atoms with Crippen LogP contribution in [0.1, 0.15) is 19.4 Å². The van der Waals surface area contributed by atoms with Gasteiger partial charge in [-0.25, -0.2) is 0 Å². The van der Waals surface area contributed by atoms with Crippen LogP contribution >= 0.6 is 11.8 Å². The van der Waals surface area contributed by atoms with E-state index >= 15 is 0 Å². The molecule has 0 radical (unpaired) electrons. The van der Waals surface area contributed by atoms with Gasteiger partial charge >= 0.3 is 0 Å². The number of para-hydroxylation sites is 1. The van der Waals surface area contributed by atoms with Crippen LogP contribution in [0.3, 0.4) is 0 Å². The van der Waals surface area contributed by atoms with E-state index in [9.17, 15) is 4.79 Å². The van der Waals surface area contributed by atoms with Gasteiger partial charge in [0.25, 0.3) is 5.91 Å². The number of carbonyl (C=O) groups is 1. The summed E-state index contributed by atoms with van der Waals surface area (Å²) >= 11 is 1.47. The number of amidine groups is 1. The van der Waals surface area contributed by atoms with E-state index in [0.29, 0.717) is 13.1 Å². The van der Waals surface area contributed by atoms with Gasteiger partial charge < -0.3 is 4.57 Å². The summed E-state index contributed by atoms with van der Waals surface area (Å²) in [6.45, 7) is 5.30. The number of fused-ring (bicyclic) bond motifs is 1. The third-order valence-electron chi connectivity index (χ3n) is 3.71. The zero-order valence-electron chi connectivity index (χ0n) is 13.0. The van der Waals surface area contributed by atoms with Crippen molar-refractivity contribution in [3.8, 4) is 0 Å². The first-order valence-corrected chi connectivity index (χ1v) is 8.27. The molecule has 1 aromatic heterocycles. The summed E-state index contributed by atoms with van der Waals surface area (Å²) in [7, 11) is 2.02. The highest BCUT2D eigenvalue weighted by atomic mass is 32.2. The van der Waals surface area contributed by atoms with Crippen LogP contribution in [0.25, 0.3) is 17.0 Å². The van der Waals surface area contributed by atoms with Crippen molar-refractivity contribution < 1.29 is 4.79 Å². The monoisotopic (exact) mass is 313 g/mol. The third kappa shape index (κ3) is 2.46. The Balaban J connectivity index is 2.04. The van der Waals surface area contributed by atoms with Gasteiger partial charge in [0.15, 0.2) is 5.17 Å². The molecular weight excluding hydrogens is 294 g/mol. The lowest BCUT2D eigenvalue weighted by Gasteiger charge is -2.11. The molecule has 0 atom stereocenters. The lowest BCUT2D eigenvalue weighted by molar-refractivity contribution is -0.122. The average Bonchev–Trinajstić information content (AvgIpc) is 2.99. The lowest BCUT2D eigenvalue weighted by Crippen LogP contribution is -2.28. The number of nitrogens with zero attached hydrogens (tertiary/aromatic N) is 3. The molecule has 114 valence electrons. The summed E-state index contributed by atoms with van der Waals surface area (Å²) in [5, 5.41) is 1.97. The predicted molar refractivity (Wildman–Crippen MR) is 93.9 cm³/mol. The minimum atomic E-state index is 0.0487. The first-order valence-electron chi connectivity index (χ1n) is 7.45. The molecule has 1 aliphatic rings. The minimum Gasteiger partial charge on any atom is -0.350 e. The van der Waals surface area contributed by atoms with E-state index in [1.165, 1.54) is 17.3 Å². The fourth-order valence-corrected chi connectivity index (χ4v) is 3.77. The summed E-state index contributed by atoms with van der Waals surface area (Å²) in [5.74, 6) is 0.0487. The second-order valence-electron chi connectivity index (χ2n) is 5.13. The molecule has 0 bridgehead atoms. The molecule has 3 rings (SSSR count). The topological polar surface area (TPSA) is 37.6 Å². The molecule has 0 unspecified atom stereocenters. The van der Waals surface area contributed by atoms with Crippen LogP contribution < -0.4 is 0 Å². The zero-order chi connectivity index (χ0) is 15.7. The summed E-state index contributed by atoms with van der Waals surface area (Å²) in [5.41, 5.74) is 2.24. The fraction of sp³-hybridized carbons (Fsp3) is 0.294. The molecule has 0 N–H and O–H groups in total. The van der Waals surface area contributed by atoms with Gasteiger partial charge in [-0.1, -0.05) is 18.2 Å². The smallest absolute Gasteiger partial charge is 0.266 e. The van der Waals surface area contributed by atoms with Gasteiger partial charge in [0.1, 0.15) is 0 Å². The summed E-state index contributed by atoms with van der Waals surface area (Å²) in [6, 6.07) is 8.23. The largest absolute Gasteiger partial charge is 0.350 e. The van der Waals surface area contributed by atoms with Crippen LogP contribution in [0, 0.1) is 0 Å². The van der Waals surface area contributed by atoms with Crippen molar-refractivity contribution in [2.75, 3.05) is 13.1 Å². The lowest BCUT2D eigenvalue weighted by atomic mass is 10.1. The van der Waals surface area contributed by atoms with Crippen molar-refractivity contribution in [3.63, 3.8) is 0 Å². The Morgan fingerprint density at radius 1 is 1.27 bits per heavy atom. The molecule has 1 fully saturated rings. The Morgan fingerprint density at radius 2 is 2.05 bits per heavy atom. The van der Waals surface area contributed by atoms with Gasteiger partial charge in [-0.15, -0.1) is 0 Å². The second-order valence-corrected chi connectivity index (χ2v) is 6.14. The number of hydrogen-bond donors (Lipinski definition) is 0. The molecule has 22 heavy (non-hydrogen) atoms. The van der Waals surface area contributed by atoms with Crippen molar-refractivity contribution in [1.29, 1.82) is 0 Å². The molecule has 1 amide bonds. The van der Waals surface area contributed by atoms with Crippen molar-refractivity contribution in [2.45, 2.75) is 13.8 Å². The molecule has 4 nitrogen and oxygen atoms in total. The van der Waals surface area contributed by atoms with Gasteiger partial charge in [0, 0.05) is 42.8 Å². The third-order valence-corrected chi connectivity index (χ3v) is 4.76. The molecule has 0 spiro atoms. The van der Waals surface area contributed by atoms with Crippen LogP contribution in [-0.4, -0.2) is 33.6 Å². The number of carbonyl (C=O) groups excluding carboxylic acids is 1. The fourth-order valence-electron chi connectivity index (χ4n) is 2.67. The van der Waals surface area contributed by atoms with E-state index < -0.39 is 0 Å². The van der Waals surface area contributed by atoms with Crippen molar-refractivity contribution >= 4 is 39.8 Å². The van der Waals surface area contributed by atoms with Crippen LogP contribution in [0.5, 0.6) is 0 Å². The number of hydrogen-bond acceptors (Lipinski definition) is 3. The Labute approximate surface area is 134 Å². The zero-order valence-corrected chi connectivity index (χ0v) is 13.9. The molecule has 0 aliphatic carbocycles. The van der Waals surface area contributed by atoms with Crippen molar-refractivity contribution in [2.24, 2.45) is 12.0 Å². The Morgan fingerprint density at radius 3 is 2.77 bits per heavy atom. The number of amides is 1. The van der Waals surface area contributed by atoms with Gasteiger partial charge in [-0.05, 0) is 37.8 Å². The number of benzene rings is 1. The molecule has 0 saturated carbocycles. The van der Waals surface area contributed by atoms with Crippen LogP contribution in [0.4, 0.5) is 0 Å². The van der Waals surface area contributed by atoms with Crippen molar-refractivity contribution in [1.82, 2.24) is 9.47 Å². The van der Waals surface area contributed by atoms with Crippen molar-refractivity contribution in [3.05, 3.63) is 40.9 Å². The second kappa shape index (κ2) is 6.01. The molecule has 1 saturated heterocycles. The molecule has 2 aromatic rings. The van der Waals surface area contributed by atoms with E-state index in [2.05, 4.69) is 27.9 Å². The van der Waals surface area contributed by atoms with E-state index in [1.54, 1.807) is 4.90 Å². The van der Waals surface area contributed by atoms with Crippen LogP contribution in [0.15, 0.2) is 40.4 Å². The van der Waals surface area contributed by atoms with Gasteiger partial charge in [-0.3, -0.25) is 14.7 Å². The highest BCUT2D eigenvalue weighted by Crippen LogP contribution is 2.34. The van der Waals surface area contributed by atoms with E-state index in [4.69, 9.17) is 0 Å². The molecule has 5 heteroatoms. The Kier molecular flexibility index (Phi) is 4.07. The SMILES string of the molecule is CCN=C1S/C(=C/c2cn(C)c3ccccc23)C(=O)N1CC. The first-order chi connectivity index (χ1) is 10.7. The number of aromatic nitrogens is 1. The maximum Gasteiger partial charge on any atom is 0.266 e.